The number of carbonyl (C=O) groups is 2. The molecule has 0 bridgehead atoms. The smallest absolute Gasteiger partial charge is 0.249 e. The van der Waals surface area contributed by atoms with Gasteiger partial charge in [0.25, 0.3) is 0 Å². The summed E-state index contributed by atoms with van der Waals surface area (Å²) in [5.74, 6) is -0.449. The Morgan fingerprint density at radius 2 is 2.12 bits per heavy atom. The van der Waals surface area contributed by atoms with Gasteiger partial charge < -0.3 is 5.32 Å². The van der Waals surface area contributed by atoms with E-state index in [1.54, 1.807) is 0 Å². The normalized spacial score (nSPS) is 22.2. The monoisotopic (exact) mass is 234 g/mol. The van der Waals surface area contributed by atoms with Gasteiger partial charge in [0.2, 0.25) is 11.8 Å². The van der Waals surface area contributed by atoms with Crippen molar-refractivity contribution in [2.75, 3.05) is 0 Å². The average molecular weight is 234 g/mol. The summed E-state index contributed by atoms with van der Waals surface area (Å²) < 4.78 is 0. The maximum absolute atomic E-state index is 11.6. The molecule has 2 amide bonds. The molecule has 0 aromatic heterocycles. The van der Waals surface area contributed by atoms with Gasteiger partial charge in [-0.2, -0.15) is 0 Å². The molecule has 0 aromatic rings. The van der Waals surface area contributed by atoms with Gasteiger partial charge in [-0.25, -0.2) is 0 Å². The summed E-state index contributed by atoms with van der Waals surface area (Å²) in [7, 11) is 0. The second-order valence-electron chi connectivity index (χ2n) is 3.80. The summed E-state index contributed by atoms with van der Waals surface area (Å²) in [6.45, 7) is 3.84. The molecular formula is C13H18N2O2. The minimum atomic E-state index is -0.333. The molecule has 1 heterocycles. The quantitative estimate of drug-likeness (QED) is 0.571. The third-order valence-electron chi connectivity index (χ3n) is 2.39. The zero-order chi connectivity index (χ0) is 12.7. The SMILES string of the molecule is C\C=C/C=C(\C=C/C)NC1CCC(=O)NC1=O. The van der Waals surface area contributed by atoms with Crippen LogP contribution in [0.25, 0.3) is 0 Å². The number of imide groups is 1. The molecule has 2 N–H and O–H groups in total. The lowest BCUT2D eigenvalue weighted by molar-refractivity contribution is -0.134. The first kappa shape index (κ1) is 13.2. The summed E-state index contributed by atoms with van der Waals surface area (Å²) in [5.41, 5.74) is 0.861. The summed E-state index contributed by atoms with van der Waals surface area (Å²) in [6, 6.07) is -0.333. The van der Waals surface area contributed by atoms with Gasteiger partial charge in [0.1, 0.15) is 6.04 Å². The molecule has 0 saturated carbocycles. The summed E-state index contributed by atoms with van der Waals surface area (Å²) in [4.78, 5) is 22.6. The van der Waals surface area contributed by atoms with Crippen LogP contribution in [0.2, 0.25) is 0 Å². The van der Waals surface area contributed by atoms with Crippen molar-refractivity contribution in [3.63, 3.8) is 0 Å². The summed E-state index contributed by atoms with van der Waals surface area (Å²) >= 11 is 0. The standard InChI is InChI=1S/C13H18N2O2/c1-3-5-7-10(6-4-2)14-11-8-9-12(16)15-13(11)17/h3-7,11,14H,8-9H2,1-2H3,(H,15,16,17)/b5-3-,6-4-,10-7+. The van der Waals surface area contributed by atoms with Crippen LogP contribution < -0.4 is 10.6 Å². The maximum atomic E-state index is 11.6. The molecule has 0 spiro atoms. The molecule has 1 atom stereocenters. The predicted molar refractivity (Wildman–Crippen MR) is 67.0 cm³/mol. The zero-order valence-corrected chi connectivity index (χ0v) is 10.2. The third-order valence-corrected chi connectivity index (χ3v) is 2.39. The number of allylic oxidation sites excluding steroid dienone is 5. The lowest BCUT2D eigenvalue weighted by Crippen LogP contribution is -2.50. The van der Waals surface area contributed by atoms with Crippen LogP contribution >= 0.6 is 0 Å². The van der Waals surface area contributed by atoms with Crippen LogP contribution in [-0.2, 0) is 9.59 Å². The number of carbonyl (C=O) groups excluding carboxylic acids is 2. The van der Waals surface area contributed by atoms with E-state index in [9.17, 15) is 9.59 Å². The predicted octanol–water partition coefficient (Wildman–Crippen LogP) is 1.42. The number of amides is 2. The van der Waals surface area contributed by atoms with Gasteiger partial charge in [0.05, 0.1) is 0 Å². The Morgan fingerprint density at radius 1 is 1.35 bits per heavy atom. The second-order valence-corrected chi connectivity index (χ2v) is 3.80. The van der Waals surface area contributed by atoms with Crippen molar-refractivity contribution in [3.05, 3.63) is 36.1 Å². The topological polar surface area (TPSA) is 58.2 Å². The number of rotatable bonds is 4. The van der Waals surface area contributed by atoms with Crippen LogP contribution in [0, 0.1) is 0 Å². The molecule has 1 aliphatic heterocycles. The third kappa shape index (κ3) is 4.26. The number of hydrogen-bond donors (Lipinski definition) is 2. The zero-order valence-electron chi connectivity index (χ0n) is 10.2. The van der Waals surface area contributed by atoms with E-state index in [2.05, 4.69) is 10.6 Å². The Bertz CT molecular complexity index is 381. The van der Waals surface area contributed by atoms with Crippen molar-refractivity contribution in [2.45, 2.75) is 32.7 Å². The summed E-state index contributed by atoms with van der Waals surface area (Å²) in [6.07, 6.45) is 10.4. The molecule has 17 heavy (non-hydrogen) atoms. The van der Waals surface area contributed by atoms with Crippen LogP contribution in [0.3, 0.4) is 0 Å². The van der Waals surface area contributed by atoms with Crippen LogP contribution in [-0.4, -0.2) is 17.9 Å². The van der Waals surface area contributed by atoms with Crippen LogP contribution in [0.15, 0.2) is 36.1 Å². The van der Waals surface area contributed by atoms with Gasteiger partial charge in [0, 0.05) is 12.1 Å². The number of nitrogens with one attached hydrogen (secondary N) is 2. The fourth-order valence-electron chi connectivity index (χ4n) is 1.56. The highest BCUT2D eigenvalue weighted by molar-refractivity contribution is 6.00. The Hall–Kier alpha value is -1.84. The summed E-state index contributed by atoms with van der Waals surface area (Å²) in [5, 5.41) is 5.44. The molecule has 1 aliphatic rings. The average Bonchev–Trinajstić information content (AvgIpc) is 2.29. The van der Waals surface area contributed by atoms with Crippen molar-refractivity contribution < 1.29 is 9.59 Å². The molecule has 92 valence electrons. The first-order chi connectivity index (χ1) is 8.17. The molecule has 1 unspecified atom stereocenters. The molecule has 1 saturated heterocycles. The highest BCUT2D eigenvalue weighted by atomic mass is 16.2. The lowest BCUT2D eigenvalue weighted by Gasteiger charge is -2.23. The molecule has 1 rings (SSSR count). The molecule has 4 heteroatoms. The van der Waals surface area contributed by atoms with Gasteiger partial charge in [-0.15, -0.1) is 0 Å². The van der Waals surface area contributed by atoms with Gasteiger partial charge in [-0.05, 0) is 32.4 Å². The minimum Gasteiger partial charge on any atom is -0.374 e. The first-order valence-corrected chi connectivity index (χ1v) is 5.73. The van der Waals surface area contributed by atoms with Gasteiger partial charge >= 0.3 is 0 Å². The fourth-order valence-corrected chi connectivity index (χ4v) is 1.56. The van der Waals surface area contributed by atoms with E-state index in [0.717, 1.165) is 5.70 Å². The van der Waals surface area contributed by atoms with Gasteiger partial charge in [-0.1, -0.05) is 18.2 Å². The molecule has 0 aromatic carbocycles. The van der Waals surface area contributed by atoms with E-state index in [1.165, 1.54) is 0 Å². The van der Waals surface area contributed by atoms with Crippen molar-refractivity contribution in [1.29, 1.82) is 0 Å². The van der Waals surface area contributed by atoms with Crippen molar-refractivity contribution >= 4 is 11.8 Å². The highest BCUT2D eigenvalue weighted by Gasteiger charge is 2.26. The first-order valence-electron chi connectivity index (χ1n) is 5.73. The maximum Gasteiger partial charge on any atom is 0.249 e. The van der Waals surface area contributed by atoms with Gasteiger partial charge in [0.15, 0.2) is 0 Å². The Labute approximate surface area is 101 Å². The van der Waals surface area contributed by atoms with Crippen LogP contribution in [0.1, 0.15) is 26.7 Å². The van der Waals surface area contributed by atoms with Gasteiger partial charge in [-0.3, -0.25) is 14.9 Å². The molecule has 0 aliphatic carbocycles. The van der Waals surface area contributed by atoms with E-state index < -0.39 is 0 Å². The number of piperidine rings is 1. The van der Waals surface area contributed by atoms with E-state index in [1.807, 2.05) is 44.2 Å². The Morgan fingerprint density at radius 3 is 2.71 bits per heavy atom. The molecule has 1 fully saturated rings. The van der Waals surface area contributed by atoms with E-state index >= 15 is 0 Å². The van der Waals surface area contributed by atoms with E-state index in [-0.39, 0.29) is 17.9 Å². The second kappa shape index (κ2) is 6.68. The fraction of sp³-hybridized carbons (Fsp3) is 0.385. The molecule has 4 nitrogen and oxygen atoms in total. The van der Waals surface area contributed by atoms with Crippen LogP contribution in [0.5, 0.6) is 0 Å². The lowest BCUT2D eigenvalue weighted by atomic mass is 10.1. The Balaban J connectivity index is 2.67. The molecule has 0 radical (unpaired) electrons. The van der Waals surface area contributed by atoms with Crippen molar-refractivity contribution in [2.24, 2.45) is 0 Å². The van der Waals surface area contributed by atoms with Crippen LogP contribution in [0.4, 0.5) is 0 Å². The van der Waals surface area contributed by atoms with E-state index in [4.69, 9.17) is 0 Å². The molecular weight excluding hydrogens is 216 g/mol. The van der Waals surface area contributed by atoms with Crippen molar-refractivity contribution in [3.8, 4) is 0 Å². The van der Waals surface area contributed by atoms with Crippen molar-refractivity contribution in [1.82, 2.24) is 10.6 Å². The highest BCUT2D eigenvalue weighted by Crippen LogP contribution is 2.07. The van der Waals surface area contributed by atoms with E-state index in [0.29, 0.717) is 12.8 Å². The minimum absolute atomic E-state index is 0.196. The Kier molecular flexibility index (Phi) is 5.20. The number of hydrogen-bond acceptors (Lipinski definition) is 3. The largest absolute Gasteiger partial charge is 0.374 e.